The summed E-state index contributed by atoms with van der Waals surface area (Å²) in [6.07, 6.45) is 10.1. The molecular formula is C17H29N. The fourth-order valence-electron chi connectivity index (χ4n) is 5.51. The molecule has 0 spiro atoms. The molecule has 1 nitrogen and oxygen atoms in total. The van der Waals surface area contributed by atoms with Crippen molar-refractivity contribution in [1.29, 1.82) is 0 Å². The quantitative estimate of drug-likeness (QED) is 0.724. The van der Waals surface area contributed by atoms with Crippen LogP contribution < -0.4 is 5.32 Å². The lowest BCUT2D eigenvalue weighted by molar-refractivity contribution is -0.0508. The van der Waals surface area contributed by atoms with Crippen LogP contribution in [0, 0.1) is 29.6 Å². The lowest BCUT2D eigenvalue weighted by atomic mass is 9.50. The summed E-state index contributed by atoms with van der Waals surface area (Å²) in [7, 11) is 2.17. The fraction of sp³-hybridized carbons (Fsp3) is 0.882. The SMILES string of the molecule is C=C(CC)CC(NC)C1C2CC3CC(C2)CC1C3. The van der Waals surface area contributed by atoms with Crippen molar-refractivity contribution in [2.24, 2.45) is 29.6 Å². The minimum atomic E-state index is 0.701. The van der Waals surface area contributed by atoms with E-state index in [2.05, 4.69) is 25.9 Å². The zero-order valence-corrected chi connectivity index (χ0v) is 12.1. The Hall–Kier alpha value is -0.300. The van der Waals surface area contributed by atoms with E-state index in [1.54, 1.807) is 6.42 Å². The van der Waals surface area contributed by atoms with Crippen LogP contribution in [0.1, 0.15) is 51.9 Å². The first-order valence-corrected chi connectivity index (χ1v) is 8.05. The average Bonchev–Trinajstić information content (AvgIpc) is 2.35. The van der Waals surface area contributed by atoms with Crippen LogP contribution in [0.25, 0.3) is 0 Å². The van der Waals surface area contributed by atoms with E-state index in [0.29, 0.717) is 6.04 Å². The van der Waals surface area contributed by atoms with E-state index in [9.17, 15) is 0 Å². The Bertz CT molecular complexity index is 292. The monoisotopic (exact) mass is 247 g/mol. The molecule has 0 aliphatic heterocycles. The van der Waals surface area contributed by atoms with E-state index in [1.807, 2.05) is 0 Å². The Balaban J connectivity index is 1.72. The van der Waals surface area contributed by atoms with E-state index in [0.717, 1.165) is 36.0 Å². The second-order valence-electron chi connectivity index (χ2n) is 7.21. The highest BCUT2D eigenvalue weighted by Gasteiger charge is 2.50. The molecule has 4 aliphatic rings. The van der Waals surface area contributed by atoms with Gasteiger partial charge in [-0.2, -0.15) is 0 Å². The number of rotatable bonds is 5. The summed E-state index contributed by atoms with van der Waals surface area (Å²) in [5.74, 6) is 5.20. The van der Waals surface area contributed by atoms with Crippen molar-refractivity contribution in [1.82, 2.24) is 5.32 Å². The van der Waals surface area contributed by atoms with E-state index < -0.39 is 0 Å². The van der Waals surface area contributed by atoms with Gasteiger partial charge in [0.05, 0.1) is 0 Å². The van der Waals surface area contributed by atoms with Gasteiger partial charge in [-0.1, -0.05) is 19.1 Å². The second kappa shape index (κ2) is 5.00. The molecule has 0 saturated heterocycles. The molecule has 4 saturated carbocycles. The first-order valence-electron chi connectivity index (χ1n) is 8.05. The van der Waals surface area contributed by atoms with Gasteiger partial charge in [0.25, 0.3) is 0 Å². The molecule has 0 aromatic carbocycles. The van der Waals surface area contributed by atoms with Gasteiger partial charge < -0.3 is 5.32 Å². The van der Waals surface area contributed by atoms with Crippen LogP contribution in [0.4, 0.5) is 0 Å². The van der Waals surface area contributed by atoms with Crippen LogP contribution in [0.3, 0.4) is 0 Å². The largest absolute Gasteiger partial charge is 0.316 e. The van der Waals surface area contributed by atoms with Crippen molar-refractivity contribution >= 4 is 0 Å². The molecule has 4 fully saturated rings. The zero-order valence-electron chi connectivity index (χ0n) is 12.1. The fourth-order valence-corrected chi connectivity index (χ4v) is 5.51. The molecule has 1 unspecified atom stereocenters. The maximum absolute atomic E-state index is 4.23. The molecule has 1 heteroatoms. The standard InChI is InChI=1S/C17H29N/c1-4-11(2)5-16(18-3)17-14-7-12-6-13(9-14)10-15(17)8-12/h12-18H,2,4-10H2,1,3H3. The Labute approximate surface area is 112 Å². The van der Waals surface area contributed by atoms with Crippen molar-refractivity contribution in [3.8, 4) is 0 Å². The summed E-state index contributed by atoms with van der Waals surface area (Å²) >= 11 is 0. The van der Waals surface area contributed by atoms with Gasteiger partial charge in [0.1, 0.15) is 0 Å². The summed E-state index contributed by atoms with van der Waals surface area (Å²) in [6.45, 7) is 6.48. The van der Waals surface area contributed by atoms with E-state index >= 15 is 0 Å². The Morgan fingerprint density at radius 1 is 1.11 bits per heavy atom. The highest BCUT2D eigenvalue weighted by atomic mass is 14.9. The first-order chi connectivity index (χ1) is 8.71. The van der Waals surface area contributed by atoms with Gasteiger partial charge in [-0.25, -0.2) is 0 Å². The lowest BCUT2D eigenvalue weighted by Crippen LogP contribution is -2.52. The van der Waals surface area contributed by atoms with Crippen LogP contribution in [0.2, 0.25) is 0 Å². The minimum absolute atomic E-state index is 0.701. The van der Waals surface area contributed by atoms with Crippen molar-refractivity contribution in [3.63, 3.8) is 0 Å². The van der Waals surface area contributed by atoms with Gasteiger partial charge in [0.2, 0.25) is 0 Å². The summed E-state index contributed by atoms with van der Waals surface area (Å²) in [5.41, 5.74) is 1.43. The number of nitrogens with one attached hydrogen (secondary N) is 1. The maximum atomic E-state index is 4.23. The van der Waals surface area contributed by atoms with E-state index in [-0.39, 0.29) is 0 Å². The molecule has 0 aromatic heterocycles. The number of hydrogen-bond acceptors (Lipinski definition) is 1. The summed E-state index contributed by atoms with van der Waals surface area (Å²) in [6, 6.07) is 0.701. The smallest absolute Gasteiger partial charge is 0.0135 e. The molecule has 0 aromatic rings. The van der Waals surface area contributed by atoms with Gasteiger partial charge in [-0.05, 0) is 81.6 Å². The highest BCUT2D eigenvalue weighted by molar-refractivity contribution is 5.05. The summed E-state index contributed by atoms with van der Waals surface area (Å²) < 4.78 is 0. The van der Waals surface area contributed by atoms with E-state index in [4.69, 9.17) is 0 Å². The van der Waals surface area contributed by atoms with Gasteiger partial charge in [-0.15, -0.1) is 0 Å². The molecule has 102 valence electrons. The highest BCUT2D eigenvalue weighted by Crippen LogP contribution is 2.57. The molecule has 18 heavy (non-hydrogen) atoms. The third kappa shape index (κ3) is 2.15. The molecule has 0 amide bonds. The van der Waals surface area contributed by atoms with Crippen molar-refractivity contribution in [3.05, 3.63) is 12.2 Å². The van der Waals surface area contributed by atoms with Gasteiger partial charge in [0, 0.05) is 6.04 Å². The number of hydrogen-bond donors (Lipinski definition) is 1. The van der Waals surface area contributed by atoms with Gasteiger partial charge in [0.15, 0.2) is 0 Å². The average molecular weight is 247 g/mol. The van der Waals surface area contributed by atoms with Crippen LogP contribution in [-0.4, -0.2) is 13.1 Å². The topological polar surface area (TPSA) is 12.0 Å². The van der Waals surface area contributed by atoms with Gasteiger partial charge in [-0.3, -0.25) is 0 Å². The van der Waals surface area contributed by atoms with Crippen LogP contribution in [0.15, 0.2) is 12.2 Å². The second-order valence-corrected chi connectivity index (χ2v) is 7.21. The molecule has 4 rings (SSSR count). The normalized spacial score (nSPS) is 43.1. The predicted octanol–water partition coefficient (Wildman–Crippen LogP) is 4.00. The zero-order chi connectivity index (χ0) is 12.7. The molecule has 1 atom stereocenters. The molecular weight excluding hydrogens is 218 g/mol. The maximum Gasteiger partial charge on any atom is 0.0135 e. The third-order valence-electron chi connectivity index (χ3n) is 6.14. The molecule has 0 heterocycles. The van der Waals surface area contributed by atoms with Crippen molar-refractivity contribution in [2.75, 3.05) is 7.05 Å². The Morgan fingerprint density at radius 2 is 1.67 bits per heavy atom. The van der Waals surface area contributed by atoms with E-state index in [1.165, 1.54) is 37.7 Å². The van der Waals surface area contributed by atoms with Crippen LogP contribution >= 0.6 is 0 Å². The molecule has 1 N–H and O–H groups in total. The summed E-state index contributed by atoms with van der Waals surface area (Å²) in [4.78, 5) is 0. The Kier molecular flexibility index (Phi) is 3.53. The molecule has 0 radical (unpaired) electrons. The summed E-state index contributed by atoms with van der Waals surface area (Å²) in [5, 5.41) is 3.63. The third-order valence-corrected chi connectivity index (χ3v) is 6.14. The van der Waals surface area contributed by atoms with Crippen molar-refractivity contribution in [2.45, 2.75) is 57.9 Å². The Morgan fingerprint density at radius 3 is 2.11 bits per heavy atom. The van der Waals surface area contributed by atoms with Crippen molar-refractivity contribution < 1.29 is 0 Å². The van der Waals surface area contributed by atoms with Crippen LogP contribution in [0.5, 0.6) is 0 Å². The lowest BCUT2D eigenvalue weighted by Gasteiger charge is -2.56. The van der Waals surface area contributed by atoms with Crippen LogP contribution in [-0.2, 0) is 0 Å². The molecule has 4 aliphatic carbocycles. The van der Waals surface area contributed by atoms with Gasteiger partial charge >= 0.3 is 0 Å². The minimum Gasteiger partial charge on any atom is -0.316 e. The molecule has 4 bridgehead atoms. The predicted molar refractivity (Wildman–Crippen MR) is 77.4 cm³/mol. The first kappa shape index (κ1) is 12.7.